The van der Waals surface area contributed by atoms with E-state index in [2.05, 4.69) is 0 Å². The minimum atomic E-state index is -0.271. The first kappa shape index (κ1) is 12.5. The van der Waals surface area contributed by atoms with Gasteiger partial charge in [0.15, 0.2) is 0 Å². The summed E-state index contributed by atoms with van der Waals surface area (Å²) in [7, 11) is 0. The third-order valence-electron chi connectivity index (χ3n) is 2.97. The fraction of sp³-hybridized carbons (Fsp3) is 0.462. The number of carbonyl (C=O) groups is 1. The number of hydrogen-bond acceptors (Lipinski definition) is 4. The number of carbonyl (C=O) groups excluding carboxylic acids is 1. The molecule has 1 aliphatic heterocycles. The highest BCUT2D eigenvalue weighted by atomic mass is 16.6. The molecule has 0 unspecified atom stereocenters. The molecule has 1 aromatic carbocycles. The fourth-order valence-corrected chi connectivity index (χ4v) is 2.17. The van der Waals surface area contributed by atoms with Gasteiger partial charge >= 0.3 is 6.09 Å². The highest BCUT2D eigenvalue weighted by molar-refractivity contribution is 5.68. The number of likely N-dealkylation sites (tertiary alicyclic amines) is 1. The van der Waals surface area contributed by atoms with Crippen molar-refractivity contribution in [1.82, 2.24) is 4.90 Å². The lowest BCUT2D eigenvalue weighted by atomic mass is 9.92. The van der Waals surface area contributed by atoms with Crippen molar-refractivity contribution in [2.45, 2.75) is 13.3 Å². The predicted molar refractivity (Wildman–Crippen MR) is 65.6 cm³/mol. The maximum atomic E-state index is 11.4. The molecule has 0 radical (unpaired) electrons. The Morgan fingerprint density at radius 1 is 1.33 bits per heavy atom. The summed E-state index contributed by atoms with van der Waals surface area (Å²) >= 11 is 0. The van der Waals surface area contributed by atoms with E-state index < -0.39 is 0 Å². The van der Waals surface area contributed by atoms with E-state index >= 15 is 0 Å². The summed E-state index contributed by atoms with van der Waals surface area (Å²) in [5.41, 5.74) is 0.876. The van der Waals surface area contributed by atoms with Crippen molar-refractivity contribution in [2.24, 2.45) is 5.92 Å². The van der Waals surface area contributed by atoms with Crippen LogP contribution in [0.4, 0.5) is 4.79 Å². The molecule has 5 nitrogen and oxygen atoms in total. The fourth-order valence-electron chi connectivity index (χ4n) is 2.17. The summed E-state index contributed by atoms with van der Waals surface area (Å²) in [6.07, 6.45) is 0.463. The van der Waals surface area contributed by atoms with Crippen LogP contribution in [0.1, 0.15) is 12.5 Å². The Bertz CT molecular complexity index is 420. The van der Waals surface area contributed by atoms with E-state index in [9.17, 15) is 15.0 Å². The molecule has 1 amide bonds. The molecule has 98 valence electrons. The van der Waals surface area contributed by atoms with Crippen molar-refractivity contribution in [3.63, 3.8) is 0 Å². The predicted octanol–water partition coefficient (Wildman–Crippen LogP) is 1.73. The highest BCUT2D eigenvalue weighted by Crippen LogP contribution is 2.26. The van der Waals surface area contributed by atoms with Crippen LogP contribution in [-0.2, 0) is 11.2 Å². The zero-order chi connectivity index (χ0) is 13.1. The summed E-state index contributed by atoms with van der Waals surface area (Å²) in [4.78, 5) is 13.0. The van der Waals surface area contributed by atoms with Crippen molar-refractivity contribution < 1.29 is 19.7 Å². The van der Waals surface area contributed by atoms with Crippen molar-refractivity contribution in [3.8, 4) is 11.5 Å². The van der Waals surface area contributed by atoms with Gasteiger partial charge in [0, 0.05) is 19.2 Å². The zero-order valence-corrected chi connectivity index (χ0v) is 10.3. The molecule has 1 aromatic rings. The van der Waals surface area contributed by atoms with E-state index in [1.807, 2.05) is 0 Å². The van der Waals surface area contributed by atoms with E-state index in [0.717, 1.165) is 12.0 Å². The van der Waals surface area contributed by atoms with Crippen LogP contribution in [0.2, 0.25) is 0 Å². The Balaban J connectivity index is 1.85. The van der Waals surface area contributed by atoms with E-state index in [0.29, 0.717) is 25.6 Å². The number of rotatable bonds is 3. The smallest absolute Gasteiger partial charge is 0.409 e. The lowest BCUT2D eigenvalue weighted by Gasteiger charge is -2.38. The lowest BCUT2D eigenvalue weighted by molar-refractivity contribution is 0.0570. The molecule has 0 atom stereocenters. The van der Waals surface area contributed by atoms with Crippen LogP contribution in [0.25, 0.3) is 0 Å². The van der Waals surface area contributed by atoms with Crippen LogP contribution >= 0.6 is 0 Å². The number of aromatic hydroxyl groups is 2. The van der Waals surface area contributed by atoms with Crippen molar-refractivity contribution >= 4 is 6.09 Å². The summed E-state index contributed by atoms with van der Waals surface area (Å²) in [5, 5.41) is 18.7. The Morgan fingerprint density at radius 3 is 2.50 bits per heavy atom. The quantitative estimate of drug-likeness (QED) is 0.858. The largest absolute Gasteiger partial charge is 0.508 e. The van der Waals surface area contributed by atoms with Gasteiger partial charge in [-0.05, 0) is 37.0 Å². The first-order valence-electron chi connectivity index (χ1n) is 6.02. The number of hydrogen-bond donors (Lipinski definition) is 2. The SMILES string of the molecule is CCOC(=O)N1CC(Cc2cc(O)cc(O)c2)C1. The lowest BCUT2D eigenvalue weighted by Crippen LogP contribution is -2.50. The minimum absolute atomic E-state index is 0.0616. The van der Waals surface area contributed by atoms with Gasteiger partial charge in [0.2, 0.25) is 0 Å². The second-order valence-electron chi connectivity index (χ2n) is 4.53. The minimum Gasteiger partial charge on any atom is -0.508 e. The second-order valence-corrected chi connectivity index (χ2v) is 4.53. The Hall–Kier alpha value is -1.91. The highest BCUT2D eigenvalue weighted by Gasteiger charge is 2.31. The standard InChI is InChI=1S/C13H17NO4/c1-2-18-13(17)14-7-10(8-14)3-9-4-11(15)6-12(16)5-9/h4-6,10,15-16H,2-3,7-8H2,1H3. The molecule has 2 N–H and O–H groups in total. The first-order chi connectivity index (χ1) is 8.58. The maximum Gasteiger partial charge on any atom is 0.409 e. The molecule has 1 aliphatic rings. The summed E-state index contributed by atoms with van der Waals surface area (Å²) in [5.74, 6) is 0.480. The second kappa shape index (κ2) is 5.16. The van der Waals surface area contributed by atoms with E-state index in [1.165, 1.54) is 6.07 Å². The first-order valence-corrected chi connectivity index (χ1v) is 6.02. The van der Waals surface area contributed by atoms with Crippen molar-refractivity contribution in [1.29, 1.82) is 0 Å². The van der Waals surface area contributed by atoms with Gasteiger partial charge in [0.25, 0.3) is 0 Å². The normalized spacial score (nSPS) is 15.3. The number of ether oxygens (including phenoxy) is 1. The van der Waals surface area contributed by atoms with Gasteiger partial charge in [-0.25, -0.2) is 4.79 Å². The van der Waals surface area contributed by atoms with Crippen molar-refractivity contribution in [3.05, 3.63) is 23.8 Å². The average molecular weight is 251 g/mol. The summed E-state index contributed by atoms with van der Waals surface area (Å²) < 4.78 is 4.89. The summed E-state index contributed by atoms with van der Waals surface area (Å²) in [6, 6.07) is 4.56. The monoisotopic (exact) mass is 251 g/mol. The van der Waals surface area contributed by atoms with Crippen LogP contribution in [0, 0.1) is 5.92 Å². The van der Waals surface area contributed by atoms with Crippen LogP contribution in [0.15, 0.2) is 18.2 Å². The molecule has 0 aliphatic carbocycles. The van der Waals surface area contributed by atoms with Crippen LogP contribution in [-0.4, -0.2) is 40.9 Å². The van der Waals surface area contributed by atoms with Gasteiger partial charge in [0.05, 0.1) is 6.61 Å². The molecule has 1 saturated heterocycles. The molecule has 1 heterocycles. The molecular formula is C13H17NO4. The molecular weight excluding hydrogens is 234 g/mol. The van der Waals surface area contributed by atoms with Gasteiger partial charge < -0.3 is 19.8 Å². The van der Waals surface area contributed by atoms with Crippen LogP contribution < -0.4 is 0 Å². The topological polar surface area (TPSA) is 70.0 Å². The van der Waals surface area contributed by atoms with Crippen LogP contribution in [0.5, 0.6) is 11.5 Å². The maximum absolute atomic E-state index is 11.4. The van der Waals surface area contributed by atoms with E-state index in [1.54, 1.807) is 24.0 Å². The Labute approximate surface area is 106 Å². The Kier molecular flexibility index (Phi) is 3.60. The molecule has 5 heteroatoms. The van der Waals surface area contributed by atoms with Gasteiger partial charge in [-0.15, -0.1) is 0 Å². The van der Waals surface area contributed by atoms with E-state index in [4.69, 9.17) is 4.74 Å². The molecule has 2 rings (SSSR count). The van der Waals surface area contributed by atoms with Gasteiger partial charge in [0.1, 0.15) is 11.5 Å². The zero-order valence-electron chi connectivity index (χ0n) is 10.3. The third-order valence-corrected chi connectivity index (χ3v) is 2.97. The third kappa shape index (κ3) is 2.85. The van der Waals surface area contributed by atoms with Crippen LogP contribution in [0.3, 0.4) is 0 Å². The molecule has 0 saturated carbocycles. The molecule has 0 bridgehead atoms. The van der Waals surface area contributed by atoms with Gasteiger partial charge in [-0.1, -0.05) is 0 Å². The number of benzene rings is 1. The van der Waals surface area contributed by atoms with Gasteiger partial charge in [-0.3, -0.25) is 0 Å². The van der Waals surface area contributed by atoms with E-state index in [-0.39, 0.29) is 17.6 Å². The number of phenols is 2. The molecule has 1 fully saturated rings. The average Bonchev–Trinajstić information content (AvgIpc) is 2.21. The molecule has 18 heavy (non-hydrogen) atoms. The molecule has 0 aromatic heterocycles. The van der Waals surface area contributed by atoms with Crippen molar-refractivity contribution in [2.75, 3.05) is 19.7 Å². The molecule has 0 spiro atoms. The number of phenolic OH excluding ortho intramolecular Hbond substituents is 2. The number of nitrogens with zero attached hydrogens (tertiary/aromatic N) is 1. The van der Waals surface area contributed by atoms with Gasteiger partial charge in [-0.2, -0.15) is 0 Å². The number of amides is 1. The Morgan fingerprint density at radius 2 is 1.94 bits per heavy atom. The summed E-state index contributed by atoms with van der Waals surface area (Å²) in [6.45, 7) is 3.50.